The molecule has 0 fully saturated rings. The molecule has 2 atom stereocenters. The van der Waals surface area contributed by atoms with Crippen LogP contribution in [0, 0.1) is 0 Å². The van der Waals surface area contributed by atoms with Crippen molar-refractivity contribution in [3.05, 3.63) is 96.1 Å². The Morgan fingerprint density at radius 1 is 0.481 bits per heavy atom. The van der Waals surface area contributed by atoms with Crippen LogP contribution in [0.1, 0.15) is 166 Å². The van der Waals surface area contributed by atoms with Gasteiger partial charge in [-0.25, -0.2) is 9.59 Å². The van der Waals surface area contributed by atoms with Crippen LogP contribution in [0.4, 0.5) is 0 Å². The molecular weight excluding hydrogens is 673 g/mol. The Morgan fingerprint density at radius 2 is 0.815 bits per heavy atom. The van der Waals surface area contributed by atoms with E-state index in [1.165, 1.54) is 89.2 Å². The molecule has 2 aromatic carbocycles. The van der Waals surface area contributed by atoms with Crippen LogP contribution in [0.2, 0.25) is 0 Å². The first-order chi connectivity index (χ1) is 26.5. The number of cyclic esters (lactones) is 2. The van der Waals surface area contributed by atoms with Crippen molar-refractivity contribution in [3.63, 3.8) is 0 Å². The fourth-order valence-corrected chi connectivity index (χ4v) is 7.32. The molecule has 2 aromatic rings. The van der Waals surface area contributed by atoms with E-state index >= 15 is 0 Å². The van der Waals surface area contributed by atoms with E-state index in [2.05, 4.69) is 13.8 Å². The van der Waals surface area contributed by atoms with Crippen LogP contribution >= 0.6 is 0 Å². The minimum atomic E-state index is -0.889. The number of unbranched alkanes of at least 4 members (excludes halogenated alkanes) is 16. The van der Waals surface area contributed by atoms with E-state index in [9.17, 15) is 9.59 Å². The van der Waals surface area contributed by atoms with Gasteiger partial charge in [0, 0.05) is 25.0 Å². The number of benzene rings is 2. The fourth-order valence-electron chi connectivity index (χ4n) is 7.32. The van der Waals surface area contributed by atoms with Crippen molar-refractivity contribution in [2.24, 2.45) is 0 Å². The minimum absolute atomic E-state index is 0.244. The molecule has 0 aliphatic carbocycles. The Morgan fingerprint density at radius 3 is 1.17 bits per heavy atom. The highest BCUT2D eigenvalue weighted by atomic mass is 16.6. The first kappa shape index (κ1) is 45.2. The van der Waals surface area contributed by atoms with Gasteiger partial charge in [0.05, 0.1) is 26.4 Å². The second-order valence-corrected chi connectivity index (χ2v) is 15.5. The summed E-state index contributed by atoms with van der Waals surface area (Å²) in [5, 5.41) is 0. The minimum Gasteiger partial charge on any atom is -0.453 e. The molecule has 3 rings (SSSR count). The molecule has 0 bridgehead atoms. The van der Waals surface area contributed by atoms with Crippen molar-refractivity contribution in [2.75, 3.05) is 13.2 Å². The first-order valence-corrected chi connectivity index (χ1v) is 21.5. The molecular formula is C48H72O6. The van der Waals surface area contributed by atoms with Crippen molar-refractivity contribution < 1.29 is 28.5 Å². The normalized spacial score (nSPS) is 20.4. The SMILES string of the molecule is CCCCCCCCCCC[C@]1(COCc2ccccc2)C/C=C/C(=O)O[C@](CCCCCCCCCCC)(COCc2ccccc2)C/C=C/C(=O)O1. The van der Waals surface area contributed by atoms with Gasteiger partial charge >= 0.3 is 11.9 Å². The lowest BCUT2D eigenvalue weighted by Crippen LogP contribution is -2.41. The van der Waals surface area contributed by atoms with E-state index in [1.54, 1.807) is 0 Å². The third-order valence-corrected chi connectivity index (χ3v) is 10.5. The summed E-state index contributed by atoms with van der Waals surface area (Å²) in [6.45, 7) is 5.83. The fraction of sp³-hybridized carbons (Fsp3) is 0.625. The highest BCUT2D eigenvalue weighted by Gasteiger charge is 2.36. The molecule has 0 saturated heterocycles. The maximum absolute atomic E-state index is 13.6. The average Bonchev–Trinajstić information content (AvgIpc) is 3.17. The van der Waals surface area contributed by atoms with Crippen LogP contribution in [0.3, 0.4) is 0 Å². The molecule has 0 spiro atoms. The van der Waals surface area contributed by atoms with Gasteiger partial charge in [-0.05, 0) is 36.8 Å². The van der Waals surface area contributed by atoms with Crippen LogP contribution in [-0.2, 0) is 41.8 Å². The zero-order valence-corrected chi connectivity index (χ0v) is 33.9. The molecule has 0 amide bonds. The molecule has 1 heterocycles. The zero-order valence-electron chi connectivity index (χ0n) is 33.9. The molecule has 6 heteroatoms. The summed E-state index contributed by atoms with van der Waals surface area (Å²) >= 11 is 0. The van der Waals surface area contributed by atoms with Crippen LogP contribution in [-0.4, -0.2) is 36.4 Å². The summed E-state index contributed by atoms with van der Waals surface area (Å²) in [6.07, 6.45) is 30.4. The van der Waals surface area contributed by atoms with E-state index in [-0.39, 0.29) is 13.2 Å². The quantitative estimate of drug-likeness (QED) is 0.0638. The Hall–Kier alpha value is -3.22. The maximum Gasteiger partial charge on any atom is 0.331 e. The standard InChI is InChI=1S/C48H72O6/c1-3-5-7-9-11-13-15-17-25-35-47(41-51-39-43-29-21-19-22-30-43)37-27-33-46(50)54-48(38-28-34-45(49)53-47,42-52-40-44-31-23-20-24-32-44)36-26-18-16-14-12-10-8-6-4-2/h19-24,27-34H,3-18,25-26,35-42H2,1-2H3/b33-27+,34-28+/t47-,48+. The van der Waals surface area contributed by atoms with Crippen molar-refractivity contribution >= 4 is 11.9 Å². The Labute approximate surface area is 328 Å². The van der Waals surface area contributed by atoms with Crippen molar-refractivity contribution in [2.45, 2.75) is 180 Å². The number of carbonyl (C=O) groups is 2. The highest BCUT2D eigenvalue weighted by molar-refractivity contribution is 5.83. The van der Waals surface area contributed by atoms with E-state index in [0.29, 0.717) is 38.9 Å². The second kappa shape index (κ2) is 28.2. The van der Waals surface area contributed by atoms with Crippen LogP contribution in [0.5, 0.6) is 0 Å². The summed E-state index contributed by atoms with van der Waals surface area (Å²) in [6, 6.07) is 20.1. The van der Waals surface area contributed by atoms with Gasteiger partial charge in [-0.2, -0.15) is 0 Å². The van der Waals surface area contributed by atoms with E-state index < -0.39 is 23.1 Å². The number of esters is 2. The topological polar surface area (TPSA) is 71.1 Å². The number of hydrogen-bond donors (Lipinski definition) is 0. The molecule has 1 aliphatic heterocycles. The molecule has 0 aromatic heterocycles. The monoisotopic (exact) mass is 745 g/mol. The van der Waals surface area contributed by atoms with Crippen LogP contribution < -0.4 is 0 Å². The largest absolute Gasteiger partial charge is 0.453 e. The predicted molar refractivity (Wildman–Crippen MR) is 221 cm³/mol. The van der Waals surface area contributed by atoms with Crippen molar-refractivity contribution in [1.82, 2.24) is 0 Å². The van der Waals surface area contributed by atoms with E-state index in [0.717, 1.165) is 49.7 Å². The molecule has 0 saturated carbocycles. The molecule has 54 heavy (non-hydrogen) atoms. The summed E-state index contributed by atoms with van der Waals surface area (Å²) < 4.78 is 25.2. The highest BCUT2D eigenvalue weighted by Crippen LogP contribution is 2.30. The Balaban J connectivity index is 1.70. The number of ether oxygens (including phenoxy) is 4. The molecule has 0 radical (unpaired) electrons. The van der Waals surface area contributed by atoms with Gasteiger partial charge in [0.25, 0.3) is 0 Å². The smallest absolute Gasteiger partial charge is 0.331 e. The third kappa shape index (κ3) is 19.9. The molecule has 6 nitrogen and oxygen atoms in total. The summed E-state index contributed by atoms with van der Waals surface area (Å²) in [5.41, 5.74) is 0.346. The van der Waals surface area contributed by atoms with Crippen molar-refractivity contribution in [1.29, 1.82) is 0 Å². The maximum atomic E-state index is 13.6. The number of carbonyl (C=O) groups excluding carboxylic acids is 2. The summed E-state index contributed by atoms with van der Waals surface area (Å²) in [4.78, 5) is 27.2. The molecule has 0 N–H and O–H groups in total. The predicted octanol–water partition coefficient (Wildman–Crippen LogP) is 12.7. The average molecular weight is 745 g/mol. The van der Waals surface area contributed by atoms with E-state index in [1.807, 2.05) is 72.8 Å². The molecule has 300 valence electrons. The van der Waals surface area contributed by atoms with E-state index in [4.69, 9.17) is 18.9 Å². The molecule has 1 aliphatic rings. The molecule has 0 unspecified atom stereocenters. The van der Waals surface area contributed by atoms with Crippen LogP contribution in [0.25, 0.3) is 0 Å². The first-order valence-electron chi connectivity index (χ1n) is 21.5. The van der Waals surface area contributed by atoms with Gasteiger partial charge in [-0.15, -0.1) is 0 Å². The van der Waals surface area contributed by atoms with Gasteiger partial charge in [0.1, 0.15) is 11.2 Å². The Kier molecular flexibility index (Phi) is 23.6. The lowest BCUT2D eigenvalue weighted by molar-refractivity contribution is -0.163. The van der Waals surface area contributed by atoms with Gasteiger partial charge in [0.15, 0.2) is 0 Å². The number of hydrogen-bond acceptors (Lipinski definition) is 6. The lowest BCUT2D eigenvalue weighted by Gasteiger charge is -2.34. The Bertz CT molecular complexity index is 1210. The summed E-state index contributed by atoms with van der Waals surface area (Å²) in [7, 11) is 0. The third-order valence-electron chi connectivity index (χ3n) is 10.5. The van der Waals surface area contributed by atoms with Gasteiger partial charge < -0.3 is 18.9 Å². The summed E-state index contributed by atoms with van der Waals surface area (Å²) in [5.74, 6) is -0.784. The van der Waals surface area contributed by atoms with Gasteiger partial charge in [0.2, 0.25) is 0 Å². The zero-order chi connectivity index (χ0) is 38.4. The van der Waals surface area contributed by atoms with Crippen molar-refractivity contribution in [3.8, 4) is 0 Å². The lowest BCUT2D eigenvalue weighted by atomic mass is 9.91. The van der Waals surface area contributed by atoms with Gasteiger partial charge in [-0.3, -0.25) is 0 Å². The van der Waals surface area contributed by atoms with Gasteiger partial charge in [-0.1, -0.05) is 189 Å². The second-order valence-electron chi connectivity index (χ2n) is 15.5. The number of rotatable bonds is 28. The van der Waals surface area contributed by atoms with Crippen LogP contribution in [0.15, 0.2) is 85.0 Å².